The first-order valence-corrected chi connectivity index (χ1v) is 29.1. The molecule has 0 bridgehead atoms. The lowest BCUT2D eigenvalue weighted by Crippen LogP contribution is -2.30. The molecule has 0 spiro atoms. The van der Waals surface area contributed by atoms with Crippen molar-refractivity contribution in [1.82, 2.24) is 0 Å². The van der Waals surface area contributed by atoms with E-state index < -0.39 is 6.10 Å². The second-order valence-electron chi connectivity index (χ2n) is 19.2. The van der Waals surface area contributed by atoms with Gasteiger partial charge >= 0.3 is 17.9 Å². The molecule has 6 heteroatoms. The lowest BCUT2D eigenvalue weighted by atomic mass is 10.1. The summed E-state index contributed by atoms with van der Waals surface area (Å²) in [6.45, 7) is 6.46. The van der Waals surface area contributed by atoms with Crippen LogP contribution in [0.4, 0.5) is 0 Å². The van der Waals surface area contributed by atoms with Gasteiger partial charge in [-0.15, -0.1) is 0 Å². The molecule has 0 aliphatic carbocycles. The summed E-state index contributed by atoms with van der Waals surface area (Å²) in [7, 11) is 0. The molecule has 0 aromatic carbocycles. The second kappa shape index (κ2) is 57.2. The third kappa shape index (κ3) is 55.4. The van der Waals surface area contributed by atoms with Crippen molar-refractivity contribution in [2.24, 2.45) is 0 Å². The molecule has 0 aromatic heterocycles. The number of rotatable bonds is 52. The number of hydrogen-bond acceptors (Lipinski definition) is 6. The Hall–Kier alpha value is -3.41. The number of ether oxygens (including phenoxy) is 3. The third-order valence-corrected chi connectivity index (χ3v) is 12.4. The van der Waals surface area contributed by atoms with E-state index in [0.29, 0.717) is 19.3 Å². The predicted octanol–water partition coefficient (Wildman–Crippen LogP) is 19.5. The molecule has 0 amide bonds. The maximum absolute atomic E-state index is 12.8. The monoisotopic (exact) mass is 961 g/mol. The van der Waals surface area contributed by atoms with E-state index in [0.717, 1.165) is 116 Å². The van der Waals surface area contributed by atoms with Crippen molar-refractivity contribution in [2.45, 2.75) is 284 Å². The predicted molar refractivity (Wildman–Crippen MR) is 297 cm³/mol. The molecular weight excluding hydrogens is 853 g/mol. The van der Waals surface area contributed by atoms with Crippen LogP contribution in [0.3, 0.4) is 0 Å². The maximum Gasteiger partial charge on any atom is 0.306 e. The summed E-state index contributed by atoms with van der Waals surface area (Å²) in [6, 6.07) is 0. The van der Waals surface area contributed by atoms with Gasteiger partial charge in [0.05, 0.1) is 0 Å². The van der Waals surface area contributed by atoms with Gasteiger partial charge in [-0.2, -0.15) is 0 Å². The van der Waals surface area contributed by atoms with Crippen LogP contribution in [0, 0.1) is 0 Å². The quantitative estimate of drug-likeness (QED) is 0.0262. The summed E-state index contributed by atoms with van der Waals surface area (Å²) in [5.41, 5.74) is 0. The first-order valence-electron chi connectivity index (χ1n) is 29.1. The fourth-order valence-electron chi connectivity index (χ4n) is 7.97. The summed E-state index contributed by atoms with van der Waals surface area (Å²) >= 11 is 0. The summed E-state index contributed by atoms with van der Waals surface area (Å²) < 4.78 is 16.8. The highest BCUT2D eigenvalue weighted by Crippen LogP contribution is 2.15. The van der Waals surface area contributed by atoms with Crippen molar-refractivity contribution < 1.29 is 28.6 Å². The average molecular weight is 962 g/mol. The van der Waals surface area contributed by atoms with Gasteiger partial charge in [-0.25, -0.2) is 0 Å². The van der Waals surface area contributed by atoms with Gasteiger partial charge in [0.25, 0.3) is 0 Å². The Kier molecular flexibility index (Phi) is 54.3. The average Bonchev–Trinajstić information content (AvgIpc) is 3.35. The van der Waals surface area contributed by atoms with Crippen molar-refractivity contribution in [2.75, 3.05) is 13.2 Å². The summed E-state index contributed by atoms with van der Waals surface area (Å²) in [5, 5.41) is 0. The molecule has 6 nitrogen and oxygen atoms in total. The molecule has 0 aliphatic heterocycles. The zero-order valence-electron chi connectivity index (χ0n) is 45.3. The van der Waals surface area contributed by atoms with Gasteiger partial charge in [-0.1, -0.05) is 234 Å². The van der Waals surface area contributed by atoms with Gasteiger partial charge in [0.2, 0.25) is 0 Å². The smallest absolute Gasteiger partial charge is 0.306 e. The van der Waals surface area contributed by atoms with Crippen LogP contribution < -0.4 is 0 Å². The van der Waals surface area contributed by atoms with Gasteiger partial charge in [0, 0.05) is 19.3 Å². The van der Waals surface area contributed by atoms with E-state index >= 15 is 0 Å². The number of unbranched alkanes of at least 4 members (excludes halogenated alkanes) is 27. The lowest BCUT2D eigenvalue weighted by molar-refractivity contribution is -0.167. The standard InChI is InChI=1S/C63H108O6/c1-4-7-10-13-16-19-22-24-26-27-28-29-30-31-32-33-34-35-37-38-41-44-47-50-53-56-62(65)68-59-60(58-67-61(64)55-52-49-46-43-40-21-18-15-12-9-6-3)69-63(66)57-54-51-48-45-42-39-36-25-23-20-17-14-11-8-5-2/h8,11,15,17-18,20,22,24-25,27-28,30-31,36,60H,4-7,9-10,12-14,16,19,21,23,26,29,32-35,37-59H2,1-3H3/b11-8-,18-15-,20-17-,24-22-,28-27-,31-30-,36-25-. The Labute approximate surface area is 426 Å². The number of carbonyl (C=O) groups excluding carboxylic acids is 3. The van der Waals surface area contributed by atoms with Gasteiger partial charge in [0.1, 0.15) is 13.2 Å². The van der Waals surface area contributed by atoms with E-state index in [-0.39, 0.29) is 31.1 Å². The summed E-state index contributed by atoms with van der Waals surface area (Å²) in [6.07, 6.45) is 74.4. The molecule has 0 saturated carbocycles. The molecule has 0 aromatic rings. The lowest BCUT2D eigenvalue weighted by Gasteiger charge is -2.18. The summed E-state index contributed by atoms with van der Waals surface area (Å²) in [4.78, 5) is 38.1. The van der Waals surface area contributed by atoms with Crippen LogP contribution in [-0.2, 0) is 28.6 Å². The van der Waals surface area contributed by atoms with Crippen molar-refractivity contribution in [3.05, 3.63) is 85.1 Å². The largest absolute Gasteiger partial charge is 0.462 e. The first-order chi connectivity index (χ1) is 34.0. The van der Waals surface area contributed by atoms with E-state index in [4.69, 9.17) is 14.2 Å². The van der Waals surface area contributed by atoms with Gasteiger partial charge in [-0.3, -0.25) is 14.4 Å². The number of allylic oxidation sites excluding steroid dienone is 14. The third-order valence-electron chi connectivity index (χ3n) is 12.4. The van der Waals surface area contributed by atoms with Gasteiger partial charge in [0.15, 0.2) is 6.10 Å². The van der Waals surface area contributed by atoms with Gasteiger partial charge in [-0.05, 0) is 109 Å². The molecule has 1 unspecified atom stereocenters. The molecule has 0 fully saturated rings. The fourth-order valence-corrected chi connectivity index (χ4v) is 7.97. The molecule has 0 rings (SSSR count). The van der Waals surface area contributed by atoms with Crippen molar-refractivity contribution >= 4 is 17.9 Å². The van der Waals surface area contributed by atoms with Crippen LogP contribution in [0.15, 0.2) is 85.1 Å². The molecule has 1 atom stereocenters. The van der Waals surface area contributed by atoms with E-state index in [1.54, 1.807) is 0 Å². The minimum absolute atomic E-state index is 0.0883. The molecule has 396 valence electrons. The summed E-state index contributed by atoms with van der Waals surface area (Å²) in [5.74, 6) is -0.915. The Bertz CT molecular complexity index is 1330. The molecule has 0 N–H and O–H groups in total. The van der Waals surface area contributed by atoms with Crippen LogP contribution >= 0.6 is 0 Å². The molecule has 0 saturated heterocycles. The molecular formula is C63H108O6. The van der Waals surface area contributed by atoms with E-state index in [2.05, 4.69) is 106 Å². The molecule has 0 heterocycles. The molecule has 0 radical (unpaired) electrons. The Morgan fingerprint density at radius 2 is 0.580 bits per heavy atom. The second-order valence-corrected chi connectivity index (χ2v) is 19.2. The van der Waals surface area contributed by atoms with Crippen LogP contribution in [0.1, 0.15) is 278 Å². The van der Waals surface area contributed by atoms with Crippen molar-refractivity contribution in [3.63, 3.8) is 0 Å². The minimum atomic E-state index is -0.791. The van der Waals surface area contributed by atoms with E-state index in [9.17, 15) is 14.4 Å². The maximum atomic E-state index is 12.8. The zero-order valence-corrected chi connectivity index (χ0v) is 45.3. The fraction of sp³-hybridized carbons (Fsp3) is 0.730. The van der Waals surface area contributed by atoms with Crippen LogP contribution in [-0.4, -0.2) is 37.2 Å². The van der Waals surface area contributed by atoms with Crippen molar-refractivity contribution in [3.8, 4) is 0 Å². The first kappa shape index (κ1) is 65.6. The van der Waals surface area contributed by atoms with Crippen LogP contribution in [0.25, 0.3) is 0 Å². The minimum Gasteiger partial charge on any atom is -0.462 e. The van der Waals surface area contributed by atoms with E-state index in [1.807, 2.05) is 0 Å². The van der Waals surface area contributed by atoms with E-state index in [1.165, 1.54) is 122 Å². The molecule has 69 heavy (non-hydrogen) atoms. The Morgan fingerprint density at radius 3 is 0.942 bits per heavy atom. The van der Waals surface area contributed by atoms with Crippen LogP contribution in [0.2, 0.25) is 0 Å². The Balaban J connectivity index is 4.29. The Morgan fingerprint density at radius 1 is 0.304 bits per heavy atom. The van der Waals surface area contributed by atoms with Crippen molar-refractivity contribution in [1.29, 1.82) is 0 Å². The normalized spacial score (nSPS) is 12.7. The van der Waals surface area contributed by atoms with Gasteiger partial charge < -0.3 is 14.2 Å². The highest BCUT2D eigenvalue weighted by molar-refractivity contribution is 5.71. The highest BCUT2D eigenvalue weighted by Gasteiger charge is 2.19. The zero-order chi connectivity index (χ0) is 50.0. The molecule has 0 aliphatic rings. The SMILES string of the molecule is CC/C=C\C/C=C\C/C=C\CCCCCCCC(=O)OC(COC(=O)CCCCCCC/C=C\CCCC)COC(=O)CCCCCCCCCCCC/C=C\C/C=C\C/C=C\CCCCCCC. The number of hydrogen-bond donors (Lipinski definition) is 0. The van der Waals surface area contributed by atoms with Crippen LogP contribution in [0.5, 0.6) is 0 Å². The number of carbonyl (C=O) groups is 3. The topological polar surface area (TPSA) is 78.9 Å². The number of esters is 3. The highest BCUT2D eigenvalue weighted by atomic mass is 16.6.